The van der Waals surface area contributed by atoms with Gasteiger partial charge in [0, 0.05) is 12.6 Å². The molecule has 2 aromatic rings. The van der Waals surface area contributed by atoms with Crippen molar-refractivity contribution in [2.45, 2.75) is 6.04 Å². The standard InChI is InChI=1S/C15H16N2O2/c1-17-15(18)14(16)12-9-5-6-10-13(12)19-11-7-3-2-4-8-11/h2-10,14H,16H2,1H3,(H,17,18). The summed E-state index contributed by atoms with van der Waals surface area (Å²) in [5.41, 5.74) is 6.57. The zero-order valence-electron chi connectivity index (χ0n) is 10.7. The van der Waals surface area contributed by atoms with Crippen molar-refractivity contribution in [3.8, 4) is 11.5 Å². The zero-order valence-corrected chi connectivity index (χ0v) is 10.7. The molecule has 0 aromatic heterocycles. The lowest BCUT2D eigenvalue weighted by Gasteiger charge is -2.15. The Labute approximate surface area is 112 Å². The van der Waals surface area contributed by atoms with Crippen LogP contribution in [0.25, 0.3) is 0 Å². The molecule has 1 atom stereocenters. The van der Waals surface area contributed by atoms with Crippen molar-refractivity contribution in [3.63, 3.8) is 0 Å². The third-order valence-electron chi connectivity index (χ3n) is 2.75. The molecule has 4 heteroatoms. The maximum atomic E-state index is 11.6. The summed E-state index contributed by atoms with van der Waals surface area (Å²) in [6, 6.07) is 15.9. The summed E-state index contributed by atoms with van der Waals surface area (Å²) in [6.07, 6.45) is 0. The molecular weight excluding hydrogens is 240 g/mol. The second-order valence-electron chi connectivity index (χ2n) is 4.04. The molecule has 1 amide bonds. The normalized spacial score (nSPS) is 11.7. The summed E-state index contributed by atoms with van der Waals surface area (Å²) in [7, 11) is 1.56. The molecule has 0 spiro atoms. The highest BCUT2D eigenvalue weighted by atomic mass is 16.5. The lowest BCUT2D eigenvalue weighted by molar-refractivity contribution is -0.122. The summed E-state index contributed by atoms with van der Waals surface area (Å²) in [4.78, 5) is 11.6. The summed E-state index contributed by atoms with van der Waals surface area (Å²) in [5, 5.41) is 2.53. The predicted molar refractivity (Wildman–Crippen MR) is 74.0 cm³/mol. The summed E-state index contributed by atoms with van der Waals surface area (Å²) in [5.74, 6) is 1.05. The molecule has 0 radical (unpaired) electrons. The van der Waals surface area contributed by atoms with Crippen molar-refractivity contribution in [3.05, 3.63) is 60.2 Å². The first-order chi connectivity index (χ1) is 9.22. The Morgan fingerprint density at radius 3 is 2.42 bits per heavy atom. The van der Waals surface area contributed by atoms with Gasteiger partial charge in [-0.05, 0) is 18.2 Å². The number of carbonyl (C=O) groups is 1. The average Bonchev–Trinajstić information content (AvgIpc) is 2.47. The number of rotatable bonds is 4. The minimum atomic E-state index is -0.745. The Bertz CT molecular complexity index is 555. The first-order valence-electron chi connectivity index (χ1n) is 6.01. The highest BCUT2D eigenvalue weighted by molar-refractivity contribution is 5.83. The minimum Gasteiger partial charge on any atom is -0.457 e. The van der Waals surface area contributed by atoms with E-state index in [-0.39, 0.29) is 5.91 Å². The molecule has 2 aromatic carbocycles. The number of ether oxygens (including phenoxy) is 1. The number of nitrogens with one attached hydrogen (secondary N) is 1. The van der Waals surface area contributed by atoms with Crippen molar-refractivity contribution in [2.75, 3.05) is 7.05 Å². The Balaban J connectivity index is 2.29. The molecule has 1 unspecified atom stereocenters. The van der Waals surface area contributed by atoms with Gasteiger partial charge in [-0.3, -0.25) is 4.79 Å². The Morgan fingerprint density at radius 1 is 1.11 bits per heavy atom. The SMILES string of the molecule is CNC(=O)C(N)c1ccccc1Oc1ccccc1. The van der Waals surface area contributed by atoms with Crippen LogP contribution in [-0.4, -0.2) is 13.0 Å². The number of amides is 1. The molecule has 98 valence electrons. The lowest BCUT2D eigenvalue weighted by atomic mass is 10.1. The topological polar surface area (TPSA) is 64.4 Å². The smallest absolute Gasteiger partial charge is 0.241 e. The molecule has 0 bridgehead atoms. The highest BCUT2D eigenvalue weighted by Gasteiger charge is 2.18. The van der Waals surface area contributed by atoms with Crippen LogP contribution in [0, 0.1) is 0 Å². The second kappa shape index (κ2) is 6.02. The first kappa shape index (κ1) is 13.1. The number of carbonyl (C=O) groups excluding carboxylic acids is 1. The van der Waals surface area contributed by atoms with E-state index in [1.54, 1.807) is 19.2 Å². The first-order valence-corrected chi connectivity index (χ1v) is 6.01. The molecule has 0 saturated carbocycles. The van der Waals surface area contributed by atoms with Gasteiger partial charge in [-0.2, -0.15) is 0 Å². The van der Waals surface area contributed by atoms with Gasteiger partial charge in [0.05, 0.1) is 0 Å². The van der Waals surface area contributed by atoms with E-state index >= 15 is 0 Å². The highest BCUT2D eigenvalue weighted by Crippen LogP contribution is 2.28. The van der Waals surface area contributed by atoms with Gasteiger partial charge >= 0.3 is 0 Å². The number of nitrogens with two attached hydrogens (primary N) is 1. The van der Waals surface area contributed by atoms with Gasteiger partial charge in [-0.25, -0.2) is 0 Å². The number of likely N-dealkylation sites (N-methyl/N-ethyl adjacent to an activating group) is 1. The van der Waals surface area contributed by atoms with Crippen LogP contribution < -0.4 is 15.8 Å². The van der Waals surface area contributed by atoms with Crippen molar-refractivity contribution in [1.29, 1.82) is 0 Å². The van der Waals surface area contributed by atoms with Crippen LogP contribution in [0.15, 0.2) is 54.6 Å². The van der Waals surface area contributed by atoms with E-state index in [2.05, 4.69) is 5.32 Å². The van der Waals surface area contributed by atoms with Crippen LogP contribution in [0.4, 0.5) is 0 Å². The minimum absolute atomic E-state index is 0.246. The van der Waals surface area contributed by atoms with Crippen molar-refractivity contribution >= 4 is 5.91 Å². The van der Waals surface area contributed by atoms with Crippen LogP contribution in [-0.2, 0) is 4.79 Å². The summed E-state index contributed by atoms with van der Waals surface area (Å²) in [6.45, 7) is 0. The van der Waals surface area contributed by atoms with Gasteiger partial charge < -0.3 is 15.8 Å². The third-order valence-corrected chi connectivity index (χ3v) is 2.75. The van der Waals surface area contributed by atoms with Crippen molar-refractivity contribution < 1.29 is 9.53 Å². The fourth-order valence-electron chi connectivity index (χ4n) is 1.74. The van der Waals surface area contributed by atoms with Crippen LogP contribution in [0.5, 0.6) is 11.5 Å². The van der Waals surface area contributed by atoms with E-state index in [0.29, 0.717) is 17.1 Å². The molecule has 0 aliphatic rings. The van der Waals surface area contributed by atoms with Crippen LogP contribution in [0.1, 0.15) is 11.6 Å². The van der Waals surface area contributed by atoms with Gasteiger partial charge in [-0.15, -0.1) is 0 Å². The average molecular weight is 256 g/mol. The molecule has 2 rings (SSSR count). The van der Waals surface area contributed by atoms with Gasteiger partial charge in [-0.1, -0.05) is 36.4 Å². The van der Waals surface area contributed by atoms with E-state index in [1.165, 1.54) is 0 Å². The van der Waals surface area contributed by atoms with Crippen LogP contribution >= 0.6 is 0 Å². The molecule has 0 aliphatic carbocycles. The molecule has 4 nitrogen and oxygen atoms in total. The molecule has 0 heterocycles. The predicted octanol–water partition coefficient (Wildman–Crippen LogP) is 2.22. The van der Waals surface area contributed by atoms with Crippen molar-refractivity contribution in [2.24, 2.45) is 5.73 Å². The van der Waals surface area contributed by atoms with E-state index in [0.717, 1.165) is 0 Å². The molecule has 0 aliphatic heterocycles. The lowest BCUT2D eigenvalue weighted by Crippen LogP contribution is -2.31. The van der Waals surface area contributed by atoms with Crippen molar-refractivity contribution in [1.82, 2.24) is 5.32 Å². The van der Waals surface area contributed by atoms with Gasteiger partial charge in [0.2, 0.25) is 5.91 Å². The Hall–Kier alpha value is -2.33. The Morgan fingerprint density at radius 2 is 1.74 bits per heavy atom. The van der Waals surface area contributed by atoms with E-state index in [4.69, 9.17) is 10.5 Å². The molecule has 3 N–H and O–H groups in total. The fourth-order valence-corrected chi connectivity index (χ4v) is 1.74. The number of para-hydroxylation sites is 2. The largest absolute Gasteiger partial charge is 0.457 e. The maximum absolute atomic E-state index is 11.6. The second-order valence-corrected chi connectivity index (χ2v) is 4.04. The van der Waals surface area contributed by atoms with Crippen LogP contribution in [0.3, 0.4) is 0 Å². The molecular formula is C15H16N2O2. The number of benzene rings is 2. The maximum Gasteiger partial charge on any atom is 0.241 e. The summed E-state index contributed by atoms with van der Waals surface area (Å²) >= 11 is 0. The quantitative estimate of drug-likeness (QED) is 0.881. The monoisotopic (exact) mass is 256 g/mol. The number of hydrogen-bond acceptors (Lipinski definition) is 3. The molecule has 0 fully saturated rings. The molecule has 19 heavy (non-hydrogen) atoms. The van der Waals surface area contributed by atoms with Gasteiger partial charge in [0.25, 0.3) is 0 Å². The Kier molecular flexibility index (Phi) is 4.15. The zero-order chi connectivity index (χ0) is 13.7. The van der Waals surface area contributed by atoms with Crippen LogP contribution in [0.2, 0.25) is 0 Å². The molecule has 0 saturated heterocycles. The van der Waals surface area contributed by atoms with E-state index < -0.39 is 6.04 Å². The summed E-state index contributed by atoms with van der Waals surface area (Å²) < 4.78 is 5.77. The fraction of sp³-hybridized carbons (Fsp3) is 0.133. The van der Waals surface area contributed by atoms with E-state index in [1.807, 2.05) is 42.5 Å². The third kappa shape index (κ3) is 3.11. The van der Waals surface area contributed by atoms with Gasteiger partial charge in [0.15, 0.2) is 0 Å². The van der Waals surface area contributed by atoms with E-state index in [9.17, 15) is 4.79 Å². The number of hydrogen-bond donors (Lipinski definition) is 2. The van der Waals surface area contributed by atoms with Gasteiger partial charge in [0.1, 0.15) is 17.5 Å².